The van der Waals surface area contributed by atoms with Crippen molar-refractivity contribution in [3.63, 3.8) is 0 Å². The molecule has 27 heavy (non-hydrogen) atoms. The highest BCUT2D eigenvalue weighted by molar-refractivity contribution is 7.07. The Bertz CT molecular complexity index is 646. The van der Waals surface area contributed by atoms with Gasteiger partial charge in [-0.05, 0) is 63.9 Å². The first-order valence-electron chi connectivity index (χ1n) is 8.42. The number of thiophene rings is 1. The van der Waals surface area contributed by atoms with Crippen LogP contribution in [0.3, 0.4) is 0 Å². The maximum atomic E-state index is 12.5. The van der Waals surface area contributed by atoms with Gasteiger partial charge in [0.2, 0.25) is 0 Å². The first kappa shape index (κ1) is 22.8. The van der Waals surface area contributed by atoms with Crippen molar-refractivity contribution < 1.29 is 28.6 Å². The second-order valence-electron chi connectivity index (χ2n) is 7.83. The first-order valence-corrected chi connectivity index (χ1v) is 9.36. The van der Waals surface area contributed by atoms with Crippen LogP contribution in [0.1, 0.15) is 47.1 Å². The van der Waals surface area contributed by atoms with Crippen molar-refractivity contribution in [3.8, 4) is 0 Å². The van der Waals surface area contributed by atoms with E-state index >= 15 is 0 Å². The number of carbonyl (C=O) groups excluding carboxylic acids is 3. The average molecular weight is 400 g/mol. The molecule has 0 aromatic carbocycles. The molecule has 0 aliphatic carbocycles. The third kappa shape index (κ3) is 8.76. The van der Waals surface area contributed by atoms with Crippen LogP contribution in [-0.4, -0.2) is 53.0 Å². The van der Waals surface area contributed by atoms with Crippen LogP contribution in [0.5, 0.6) is 0 Å². The summed E-state index contributed by atoms with van der Waals surface area (Å²) in [5, 5.41) is 5.80. The van der Waals surface area contributed by atoms with Crippen LogP contribution in [-0.2, 0) is 25.5 Å². The lowest BCUT2D eigenvalue weighted by atomic mass is 10.2. The minimum atomic E-state index is -0.861. The van der Waals surface area contributed by atoms with E-state index in [9.17, 15) is 14.4 Å². The predicted molar refractivity (Wildman–Crippen MR) is 101 cm³/mol. The standard InChI is InChI=1S/C18H28N2O6S/c1-17(2,3)25-14(21)11-24-16(23)20(10-13-8-9-27-12-13)19(7)15(22)26-18(4,5)6/h8-9,12H,10-11H2,1-7H3. The Morgan fingerprint density at radius 2 is 1.59 bits per heavy atom. The van der Waals surface area contributed by atoms with E-state index in [0.717, 1.165) is 15.6 Å². The highest BCUT2D eigenvalue weighted by atomic mass is 32.1. The third-order valence-corrected chi connectivity index (χ3v) is 3.61. The number of nitrogens with zero attached hydrogens (tertiary/aromatic N) is 2. The van der Waals surface area contributed by atoms with Crippen LogP contribution in [0.2, 0.25) is 0 Å². The summed E-state index contributed by atoms with van der Waals surface area (Å²) in [6, 6.07) is 1.82. The predicted octanol–water partition coefficient (Wildman–Crippen LogP) is 3.81. The average Bonchev–Trinajstić information content (AvgIpc) is 2.99. The van der Waals surface area contributed by atoms with E-state index in [4.69, 9.17) is 14.2 Å². The Balaban J connectivity index is 2.82. The summed E-state index contributed by atoms with van der Waals surface area (Å²) in [6.45, 7) is 9.85. The lowest BCUT2D eigenvalue weighted by Crippen LogP contribution is -2.49. The Hall–Kier alpha value is -2.29. The maximum Gasteiger partial charge on any atom is 0.429 e. The van der Waals surface area contributed by atoms with E-state index in [1.54, 1.807) is 41.5 Å². The topological polar surface area (TPSA) is 85.4 Å². The fourth-order valence-electron chi connectivity index (χ4n) is 1.84. The molecule has 1 aromatic heterocycles. The summed E-state index contributed by atoms with van der Waals surface area (Å²) in [6.07, 6.45) is -1.58. The Morgan fingerprint density at radius 1 is 1.00 bits per heavy atom. The van der Waals surface area contributed by atoms with E-state index in [1.807, 2.05) is 16.8 Å². The van der Waals surface area contributed by atoms with Crippen molar-refractivity contribution in [2.45, 2.75) is 59.3 Å². The molecule has 0 spiro atoms. The SMILES string of the molecule is CN(C(=O)OC(C)(C)C)N(Cc1ccsc1)C(=O)OCC(=O)OC(C)(C)C. The minimum Gasteiger partial charge on any atom is -0.457 e. The fraction of sp³-hybridized carbons (Fsp3) is 0.611. The maximum absolute atomic E-state index is 12.5. The highest BCUT2D eigenvalue weighted by Gasteiger charge is 2.29. The van der Waals surface area contributed by atoms with Crippen LogP contribution >= 0.6 is 11.3 Å². The van der Waals surface area contributed by atoms with Gasteiger partial charge in [-0.2, -0.15) is 11.3 Å². The lowest BCUT2D eigenvalue weighted by molar-refractivity contribution is -0.159. The smallest absolute Gasteiger partial charge is 0.429 e. The summed E-state index contributed by atoms with van der Waals surface area (Å²) in [4.78, 5) is 36.6. The van der Waals surface area contributed by atoms with Crippen LogP contribution < -0.4 is 0 Å². The second-order valence-corrected chi connectivity index (χ2v) is 8.61. The molecular weight excluding hydrogens is 372 g/mol. The van der Waals surface area contributed by atoms with Gasteiger partial charge in [0, 0.05) is 7.05 Å². The summed E-state index contributed by atoms with van der Waals surface area (Å²) in [5.74, 6) is -0.675. The first-order chi connectivity index (χ1) is 12.3. The van der Waals surface area contributed by atoms with E-state index in [1.165, 1.54) is 18.4 Å². The van der Waals surface area contributed by atoms with Gasteiger partial charge >= 0.3 is 18.2 Å². The monoisotopic (exact) mass is 400 g/mol. The Kier molecular flexibility index (Phi) is 7.65. The van der Waals surface area contributed by atoms with Gasteiger partial charge in [0.25, 0.3) is 0 Å². The minimum absolute atomic E-state index is 0.0897. The van der Waals surface area contributed by atoms with Gasteiger partial charge in [0.1, 0.15) is 11.2 Å². The van der Waals surface area contributed by atoms with Gasteiger partial charge in [0.15, 0.2) is 6.61 Å². The number of hydrogen-bond donors (Lipinski definition) is 0. The van der Waals surface area contributed by atoms with Crippen molar-refractivity contribution in [2.24, 2.45) is 0 Å². The van der Waals surface area contributed by atoms with Gasteiger partial charge < -0.3 is 14.2 Å². The molecule has 0 aliphatic rings. The molecule has 2 amide bonds. The van der Waals surface area contributed by atoms with Gasteiger partial charge in [-0.3, -0.25) is 0 Å². The molecule has 9 heteroatoms. The summed E-state index contributed by atoms with van der Waals surface area (Å²) >= 11 is 1.46. The quantitative estimate of drug-likeness (QED) is 0.434. The highest BCUT2D eigenvalue weighted by Crippen LogP contribution is 2.16. The summed E-state index contributed by atoms with van der Waals surface area (Å²) in [5.41, 5.74) is -0.600. The van der Waals surface area contributed by atoms with Crippen molar-refractivity contribution in [3.05, 3.63) is 22.4 Å². The molecule has 0 unspecified atom stereocenters. The molecule has 0 radical (unpaired) electrons. The van der Waals surface area contributed by atoms with Gasteiger partial charge in [-0.25, -0.2) is 24.4 Å². The third-order valence-electron chi connectivity index (χ3n) is 2.88. The summed E-state index contributed by atoms with van der Waals surface area (Å²) in [7, 11) is 1.40. The van der Waals surface area contributed by atoms with E-state index in [0.29, 0.717) is 0 Å². The molecule has 152 valence electrons. The van der Waals surface area contributed by atoms with Gasteiger partial charge in [-0.15, -0.1) is 0 Å². The van der Waals surface area contributed by atoms with Crippen molar-refractivity contribution in [2.75, 3.05) is 13.7 Å². The fourth-order valence-corrected chi connectivity index (χ4v) is 2.50. The molecule has 0 atom stereocenters. The zero-order valence-electron chi connectivity index (χ0n) is 16.9. The van der Waals surface area contributed by atoms with E-state index in [-0.39, 0.29) is 6.54 Å². The van der Waals surface area contributed by atoms with Crippen LogP contribution in [0.25, 0.3) is 0 Å². The summed E-state index contributed by atoms with van der Waals surface area (Å²) < 4.78 is 15.4. The van der Waals surface area contributed by atoms with Crippen LogP contribution in [0.4, 0.5) is 9.59 Å². The van der Waals surface area contributed by atoms with E-state index < -0.39 is 36.0 Å². The number of ether oxygens (including phenoxy) is 3. The molecule has 1 aromatic rings. The zero-order valence-corrected chi connectivity index (χ0v) is 17.7. The molecular formula is C18H28N2O6S. The largest absolute Gasteiger partial charge is 0.457 e. The molecule has 0 aliphatic heterocycles. The van der Waals surface area contributed by atoms with Gasteiger partial charge in [0.05, 0.1) is 6.54 Å². The molecule has 0 bridgehead atoms. The molecule has 1 heterocycles. The molecule has 0 saturated heterocycles. The second kappa shape index (κ2) is 9.07. The number of amides is 2. The Labute approximate surface area is 163 Å². The molecule has 0 fully saturated rings. The number of carbonyl (C=O) groups is 3. The zero-order chi connectivity index (χ0) is 20.8. The number of rotatable bonds is 4. The van der Waals surface area contributed by atoms with Gasteiger partial charge in [-0.1, -0.05) is 0 Å². The van der Waals surface area contributed by atoms with Crippen LogP contribution in [0.15, 0.2) is 16.8 Å². The van der Waals surface area contributed by atoms with E-state index in [2.05, 4.69) is 0 Å². The molecule has 8 nitrogen and oxygen atoms in total. The van der Waals surface area contributed by atoms with Crippen LogP contribution in [0, 0.1) is 0 Å². The normalized spacial score (nSPS) is 11.5. The molecule has 0 N–H and O–H groups in total. The van der Waals surface area contributed by atoms with Crippen molar-refractivity contribution in [1.29, 1.82) is 0 Å². The molecule has 0 saturated carbocycles. The molecule has 1 rings (SSSR count). The number of hydrazine groups is 1. The lowest BCUT2D eigenvalue weighted by Gasteiger charge is -2.32. The number of esters is 1. The van der Waals surface area contributed by atoms with Crippen molar-refractivity contribution >= 4 is 29.5 Å². The van der Waals surface area contributed by atoms with Crippen molar-refractivity contribution in [1.82, 2.24) is 10.0 Å². The number of hydrogen-bond acceptors (Lipinski definition) is 7. The Morgan fingerprint density at radius 3 is 2.07 bits per heavy atom.